The van der Waals surface area contributed by atoms with Gasteiger partial charge in [-0.05, 0) is 0 Å². The zero-order valence-electron chi connectivity index (χ0n) is 5.93. The van der Waals surface area contributed by atoms with E-state index in [0.29, 0.717) is 5.69 Å². The molecule has 0 N–H and O–H groups in total. The van der Waals surface area contributed by atoms with E-state index in [1.165, 1.54) is 18.6 Å². The third kappa shape index (κ3) is 4.26. The zero-order chi connectivity index (χ0) is 7.40. The van der Waals surface area contributed by atoms with Gasteiger partial charge in [-0.15, -0.1) is 0 Å². The molecule has 0 aliphatic rings. The van der Waals surface area contributed by atoms with Crippen molar-refractivity contribution in [1.29, 1.82) is 0 Å². The van der Waals surface area contributed by atoms with Crippen LogP contribution in [0.3, 0.4) is 0 Å². The van der Waals surface area contributed by atoms with Gasteiger partial charge in [0, 0.05) is 42.0 Å². The monoisotopic (exact) mass is 179 g/mol. The van der Waals surface area contributed by atoms with E-state index in [-0.39, 0.29) is 29.6 Å². The maximum Gasteiger partial charge on any atom is 0.216 e. The first-order valence-electron chi connectivity index (χ1n) is 2.48. The zero-order valence-corrected chi connectivity index (χ0v) is 8.75. The van der Waals surface area contributed by atoms with Gasteiger partial charge in [0.1, 0.15) is 0 Å². The Hall–Kier alpha value is -0.230. The molecule has 0 fully saturated rings. The molecule has 1 rings (SSSR count). The number of hydrogen-bond donors (Lipinski definition) is 0. The summed E-state index contributed by atoms with van der Waals surface area (Å²) in [5.41, 5.74) is 0.343. The van der Waals surface area contributed by atoms with Crippen LogP contribution in [0.5, 0.6) is 0 Å². The van der Waals surface area contributed by atoms with Crippen molar-refractivity contribution in [2.75, 3.05) is 0 Å². The van der Waals surface area contributed by atoms with Crippen LogP contribution in [0.1, 0.15) is 5.69 Å². The van der Waals surface area contributed by atoms with Crippen molar-refractivity contribution in [2.45, 2.75) is 0 Å². The molecule has 0 aromatic carbocycles. The predicted molar refractivity (Wildman–Crippen MR) is 41.9 cm³/mol. The minimum absolute atomic E-state index is 0. The molecule has 0 atom stereocenters. The number of aromatic nitrogens is 2. The van der Waals surface area contributed by atoms with Gasteiger partial charge in [0.05, 0.1) is 17.3 Å². The van der Waals surface area contributed by atoms with Crippen molar-refractivity contribution in [1.82, 2.24) is 9.97 Å². The van der Waals surface area contributed by atoms with Crippen molar-refractivity contribution < 1.29 is 8.42 Å². The molecule has 1 heterocycles. The van der Waals surface area contributed by atoms with Crippen molar-refractivity contribution in [3.8, 4) is 0 Å². The van der Waals surface area contributed by atoms with E-state index in [0.717, 1.165) is 5.37 Å². The Balaban J connectivity index is 0.000001000. The van der Waals surface area contributed by atoms with Crippen LogP contribution in [-0.2, 0) is 10.3 Å². The Morgan fingerprint density at radius 2 is 2.09 bits per heavy atom. The summed E-state index contributed by atoms with van der Waals surface area (Å²) < 4.78 is 20.1. The van der Waals surface area contributed by atoms with Crippen molar-refractivity contribution in [3.05, 3.63) is 24.3 Å². The van der Waals surface area contributed by atoms with Gasteiger partial charge in [0.15, 0.2) is 0 Å². The second-order valence-electron chi connectivity index (χ2n) is 1.51. The summed E-state index contributed by atoms with van der Waals surface area (Å²) in [4.78, 5) is 7.38. The second-order valence-corrected chi connectivity index (χ2v) is 2.27. The summed E-state index contributed by atoms with van der Waals surface area (Å²) in [7, 11) is -2.19. The average molecular weight is 179 g/mol. The SMILES string of the molecule is O=S(=O)=Cc1cnccn1.[Na]. The molecular formula is C5H4N2NaO2S. The van der Waals surface area contributed by atoms with Crippen LogP contribution in [0.4, 0.5) is 0 Å². The first-order valence-corrected chi connectivity index (χ1v) is 3.62. The average Bonchev–Trinajstić information content (AvgIpc) is 1.88. The van der Waals surface area contributed by atoms with Gasteiger partial charge in [-0.1, -0.05) is 0 Å². The van der Waals surface area contributed by atoms with Crippen LogP contribution < -0.4 is 0 Å². The fourth-order valence-corrected chi connectivity index (χ4v) is 0.789. The molecule has 0 amide bonds. The standard InChI is InChI=1S/C5H4N2O2S.Na/c8-10(9)4-5-3-6-1-2-7-5;/h1-4H;. The molecule has 0 unspecified atom stereocenters. The number of rotatable bonds is 1. The summed E-state index contributed by atoms with van der Waals surface area (Å²) in [6.07, 6.45) is 4.28. The fraction of sp³-hybridized carbons (Fsp3) is 0. The molecule has 0 aliphatic carbocycles. The Morgan fingerprint density at radius 1 is 1.36 bits per heavy atom. The first kappa shape index (κ1) is 10.8. The Bertz CT molecular complexity index is 327. The van der Waals surface area contributed by atoms with E-state index in [9.17, 15) is 8.42 Å². The number of hydrogen-bond acceptors (Lipinski definition) is 4. The molecule has 1 aromatic rings. The van der Waals surface area contributed by atoms with Crippen molar-refractivity contribution in [3.63, 3.8) is 0 Å². The van der Waals surface area contributed by atoms with E-state index in [1.54, 1.807) is 0 Å². The summed E-state index contributed by atoms with van der Waals surface area (Å²) >= 11 is 0. The quantitative estimate of drug-likeness (QED) is 0.415. The molecule has 53 valence electrons. The Morgan fingerprint density at radius 3 is 2.55 bits per heavy atom. The predicted octanol–water partition coefficient (Wildman–Crippen LogP) is -0.875. The van der Waals surface area contributed by atoms with Gasteiger partial charge in [-0.3, -0.25) is 9.97 Å². The van der Waals surface area contributed by atoms with Gasteiger partial charge in [-0.2, -0.15) is 8.42 Å². The molecule has 11 heavy (non-hydrogen) atoms. The van der Waals surface area contributed by atoms with Gasteiger partial charge in [0.2, 0.25) is 10.3 Å². The fourth-order valence-electron chi connectivity index (χ4n) is 0.470. The first-order chi connectivity index (χ1) is 4.79. The molecule has 0 spiro atoms. The maximum absolute atomic E-state index is 10.0. The third-order valence-electron chi connectivity index (χ3n) is 0.800. The van der Waals surface area contributed by atoms with Crippen molar-refractivity contribution >= 4 is 45.2 Å². The number of nitrogens with zero attached hydrogens (tertiary/aromatic N) is 2. The van der Waals surface area contributed by atoms with E-state index in [4.69, 9.17) is 0 Å². The topological polar surface area (TPSA) is 59.9 Å². The third-order valence-corrected chi connectivity index (χ3v) is 1.23. The molecule has 0 aliphatic heterocycles. The molecule has 0 saturated carbocycles. The molecule has 1 aromatic heterocycles. The normalized spacial score (nSPS) is 8.00. The minimum Gasteiger partial charge on any atom is -0.261 e. The molecule has 0 bridgehead atoms. The van der Waals surface area contributed by atoms with Crippen LogP contribution in [0.2, 0.25) is 0 Å². The van der Waals surface area contributed by atoms with Crippen LogP contribution in [0.25, 0.3) is 0 Å². The van der Waals surface area contributed by atoms with E-state index in [2.05, 4.69) is 9.97 Å². The molecular weight excluding hydrogens is 175 g/mol. The second kappa shape index (κ2) is 5.42. The van der Waals surface area contributed by atoms with Crippen molar-refractivity contribution in [2.24, 2.45) is 0 Å². The van der Waals surface area contributed by atoms with Crippen LogP contribution in [0, 0.1) is 0 Å². The minimum atomic E-state index is -2.19. The molecule has 6 heteroatoms. The van der Waals surface area contributed by atoms with Gasteiger partial charge >= 0.3 is 0 Å². The van der Waals surface area contributed by atoms with E-state index < -0.39 is 10.3 Å². The smallest absolute Gasteiger partial charge is 0.216 e. The van der Waals surface area contributed by atoms with Gasteiger partial charge in [0.25, 0.3) is 0 Å². The molecule has 0 saturated heterocycles. The largest absolute Gasteiger partial charge is 0.261 e. The summed E-state index contributed by atoms with van der Waals surface area (Å²) in [6.45, 7) is 0. The Labute approximate surface area is 87.5 Å². The summed E-state index contributed by atoms with van der Waals surface area (Å²) in [5.74, 6) is 0. The molecule has 1 radical (unpaired) electrons. The Kier molecular flexibility index (Phi) is 5.31. The van der Waals surface area contributed by atoms with Crippen LogP contribution in [-0.4, -0.2) is 53.3 Å². The van der Waals surface area contributed by atoms with Gasteiger partial charge < -0.3 is 0 Å². The van der Waals surface area contributed by atoms with Crippen LogP contribution >= 0.6 is 0 Å². The van der Waals surface area contributed by atoms with Crippen LogP contribution in [0.15, 0.2) is 18.6 Å². The summed E-state index contributed by atoms with van der Waals surface area (Å²) in [5, 5.41) is 0.993. The maximum atomic E-state index is 10.0. The van der Waals surface area contributed by atoms with Gasteiger partial charge in [-0.25, -0.2) is 0 Å². The molecule has 4 nitrogen and oxygen atoms in total. The van der Waals surface area contributed by atoms with E-state index >= 15 is 0 Å². The summed E-state index contributed by atoms with van der Waals surface area (Å²) in [6, 6.07) is 0. The van der Waals surface area contributed by atoms with E-state index in [1.807, 2.05) is 0 Å².